The first-order valence-electron chi connectivity index (χ1n) is 6.98. The molecule has 7 heteroatoms. The Morgan fingerprint density at radius 1 is 1.52 bits per heavy atom. The first-order chi connectivity index (χ1) is 10.0. The van der Waals surface area contributed by atoms with Gasteiger partial charge < -0.3 is 5.73 Å². The molecule has 1 amide bonds. The molecule has 0 spiro atoms. The van der Waals surface area contributed by atoms with Gasteiger partial charge in [0.25, 0.3) is 5.56 Å². The average molecular weight is 308 g/mol. The Bertz CT molecular complexity index is 692. The third-order valence-corrected chi connectivity index (χ3v) is 4.17. The summed E-state index contributed by atoms with van der Waals surface area (Å²) in [5, 5.41) is 1.91. The highest BCUT2D eigenvalue weighted by atomic mass is 32.1. The Hall–Kier alpha value is -1.73. The van der Waals surface area contributed by atoms with Crippen molar-refractivity contribution in [2.75, 3.05) is 13.1 Å². The average Bonchev–Trinajstić information content (AvgIpc) is 2.77. The van der Waals surface area contributed by atoms with Gasteiger partial charge in [-0.2, -0.15) is 0 Å². The van der Waals surface area contributed by atoms with Crippen LogP contribution >= 0.6 is 11.3 Å². The van der Waals surface area contributed by atoms with Crippen LogP contribution in [0.25, 0.3) is 4.96 Å². The monoisotopic (exact) mass is 308 g/mol. The summed E-state index contributed by atoms with van der Waals surface area (Å²) in [6.07, 6.45) is 2.01. The van der Waals surface area contributed by atoms with Gasteiger partial charge in [0, 0.05) is 23.7 Å². The van der Waals surface area contributed by atoms with Crippen LogP contribution in [-0.2, 0) is 11.3 Å². The Labute approximate surface area is 127 Å². The second-order valence-corrected chi connectivity index (χ2v) is 5.95. The number of hydrogen-bond donors (Lipinski definition) is 1. The van der Waals surface area contributed by atoms with Crippen molar-refractivity contribution in [2.45, 2.75) is 33.2 Å². The molecule has 0 saturated carbocycles. The number of hydrogen-bond acceptors (Lipinski definition) is 5. The summed E-state index contributed by atoms with van der Waals surface area (Å²) < 4.78 is 1.60. The number of rotatable bonds is 7. The standard InChI is InChI=1S/C14H20N4O2S/c1-3-4-5-17(8-12(15)19)7-11-6-13(20)18-10(2)9-21-14(18)16-11/h6,9H,3-5,7-8H2,1-2H3,(H2,15,19). The summed E-state index contributed by atoms with van der Waals surface area (Å²) in [4.78, 5) is 30.4. The summed E-state index contributed by atoms with van der Waals surface area (Å²) in [7, 11) is 0. The highest BCUT2D eigenvalue weighted by Crippen LogP contribution is 2.12. The van der Waals surface area contributed by atoms with E-state index in [1.165, 1.54) is 17.4 Å². The van der Waals surface area contributed by atoms with Crippen molar-refractivity contribution in [3.63, 3.8) is 0 Å². The predicted molar refractivity (Wildman–Crippen MR) is 83.5 cm³/mol. The molecule has 0 radical (unpaired) electrons. The highest BCUT2D eigenvalue weighted by Gasteiger charge is 2.12. The van der Waals surface area contributed by atoms with E-state index in [9.17, 15) is 9.59 Å². The minimum absolute atomic E-state index is 0.0803. The SMILES string of the molecule is CCCCN(CC(N)=O)Cc1cc(=O)n2c(C)csc2n1. The lowest BCUT2D eigenvalue weighted by molar-refractivity contribution is -0.119. The Morgan fingerprint density at radius 3 is 2.95 bits per heavy atom. The third-order valence-electron chi connectivity index (χ3n) is 3.22. The quantitative estimate of drug-likeness (QED) is 0.832. The number of aryl methyl sites for hydroxylation is 1. The molecule has 0 aromatic carbocycles. The minimum Gasteiger partial charge on any atom is -0.369 e. The van der Waals surface area contributed by atoms with E-state index in [4.69, 9.17) is 5.73 Å². The smallest absolute Gasteiger partial charge is 0.259 e. The van der Waals surface area contributed by atoms with Crippen molar-refractivity contribution in [1.29, 1.82) is 0 Å². The summed E-state index contributed by atoms with van der Waals surface area (Å²) >= 11 is 1.44. The van der Waals surface area contributed by atoms with Crippen molar-refractivity contribution in [3.05, 3.63) is 33.2 Å². The zero-order chi connectivity index (χ0) is 15.4. The maximum atomic E-state index is 12.1. The van der Waals surface area contributed by atoms with Gasteiger partial charge in [-0.15, -0.1) is 11.3 Å². The number of fused-ring (bicyclic) bond motifs is 1. The number of carbonyl (C=O) groups excluding carboxylic acids is 1. The van der Waals surface area contributed by atoms with Crippen molar-refractivity contribution in [1.82, 2.24) is 14.3 Å². The van der Waals surface area contributed by atoms with Gasteiger partial charge >= 0.3 is 0 Å². The van der Waals surface area contributed by atoms with Crippen LogP contribution in [0.3, 0.4) is 0 Å². The summed E-state index contributed by atoms with van der Waals surface area (Å²) in [6.45, 7) is 5.39. The molecule has 0 fully saturated rings. The fourth-order valence-corrected chi connectivity index (χ4v) is 3.12. The van der Waals surface area contributed by atoms with Gasteiger partial charge in [0.15, 0.2) is 4.96 Å². The number of nitrogens with zero attached hydrogens (tertiary/aromatic N) is 3. The maximum absolute atomic E-state index is 12.1. The molecular formula is C14H20N4O2S. The number of thiazole rings is 1. The van der Waals surface area contributed by atoms with E-state index in [-0.39, 0.29) is 18.0 Å². The van der Waals surface area contributed by atoms with Gasteiger partial charge in [-0.3, -0.25) is 18.9 Å². The largest absolute Gasteiger partial charge is 0.369 e. The molecule has 2 N–H and O–H groups in total. The van der Waals surface area contributed by atoms with Crippen molar-refractivity contribution in [3.8, 4) is 0 Å². The molecule has 2 aromatic heterocycles. The Balaban J connectivity index is 2.23. The molecule has 2 rings (SSSR count). The van der Waals surface area contributed by atoms with Crippen molar-refractivity contribution < 1.29 is 4.79 Å². The van der Waals surface area contributed by atoms with E-state index >= 15 is 0 Å². The second kappa shape index (κ2) is 6.82. The molecule has 0 bridgehead atoms. The molecule has 0 atom stereocenters. The fraction of sp³-hybridized carbons (Fsp3) is 0.500. The Kier molecular flexibility index (Phi) is 5.08. The zero-order valence-corrected chi connectivity index (χ0v) is 13.2. The van der Waals surface area contributed by atoms with E-state index in [0.29, 0.717) is 17.2 Å². The highest BCUT2D eigenvalue weighted by molar-refractivity contribution is 7.15. The molecule has 2 heterocycles. The summed E-state index contributed by atoms with van der Waals surface area (Å²) in [5.74, 6) is -0.365. The molecule has 0 aliphatic carbocycles. The van der Waals surface area contributed by atoms with Crippen LogP contribution in [0, 0.1) is 6.92 Å². The number of aromatic nitrogens is 2. The first kappa shape index (κ1) is 15.7. The van der Waals surface area contributed by atoms with Crippen LogP contribution in [0.4, 0.5) is 0 Å². The van der Waals surface area contributed by atoms with Gasteiger partial charge in [-0.05, 0) is 19.9 Å². The van der Waals surface area contributed by atoms with Gasteiger partial charge in [-0.1, -0.05) is 13.3 Å². The minimum atomic E-state index is -0.365. The number of carbonyl (C=O) groups is 1. The van der Waals surface area contributed by atoms with Gasteiger partial charge in [0.2, 0.25) is 5.91 Å². The molecular weight excluding hydrogens is 288 g/mol. The Morgan fingerprint density at radius 2 is 2.29 bits per heavy atom. The lowest BCUT2D eigenvalue weighted by Crippen LogP contribution is -2.34. The molecule has 0 aliphatic rings. The summed E-state index contributed by atoms with van der Waals surface area (Å²) in [6, 6.07) is 1.53. The van der Waals surface area contributed by atoms with E-state index in [0.717, 1.165) is 25.1 Å². The lowest BCUT2D eigenvalue weighted by Gasteiger charge is -2.19. The number of unbranched alkanes of at least 4 members (excludes halogenated alkanes) is 1. The normalized spacial score (nSPS) is 11.4. The van der Waals surface area contributed by atoms with Crippen LogP contribution in [0.1, 0.15) is 31.2 Å². The van der Waals surface area contributed by atoms with Crippen LogP contribution < -0.4 is 11.3 Å². The van der Waals surface area contributed by atoms with Gasteiger partial charge in [0.1, 0.15) is 0 Å². The molecule has 6 nitrogen and oxygen atoms in total. The van der Waals surface area contributed by atoms with Crippen molar-refractivity contribution in [2.24, 2.45) is 5.73 Å². The molecule has 21 heavy (non-hydrogen) atoms. The van der Waals surface area contributed by atoms with Crippen LogP contribution in [-0.4, -0.2) is 33.3 Å². The topological polar surface area (TPSA) is 80.7 Å². The van der Waals surface area contributed by atoms with Gasteiger partial charge in [0.05, 0.1) is 12.2 Å². The van der Waals surface area contributed by atoms with Gasteiger partial charge in [-0.25, -0.2) is 4.98 Å². The van der Waals surface area contributed by atoms with Crippen LogP contribution in [0.15, 0.2) is 16.2 Å². The summed E-state index contributed by atoms with van der Waals surface area (Å²) in [5.41, 5.74) is 6.77. The van der Waals surface area contributed by atoms with Crippen LogP contribution in [0.2, 0.25) is 0 Å². The molecule has 0 unspecified atom stereocenters. The number of primary amides is 1. The van der Waals surface area contributed by atoms with E-state index < -0.39 is 0 Å². The molecule has 2 aromatic rings. The van der Waals surface area contributed by atoms with Crippen LogP contribution in [0.5, 0.6) is 0 Å². The van der Waals surface area contributed by atoms with E-state index in [1.54, 1.807) is 4.40 Å². The van der Waals surface area contributed by atoms with E-state index in [2.05, 4.69) is 11.9 Å². The number of nitrogens with two attached hydrogens (primary N) is 1. The first-order valence-corrected chi connectivity index (χ1v) is 7.86. The lowest BCUT2D eigenvalue weighted by atomic mass is 10.3. The molecule has 0 aliphatic heterocycles. The molecule has 0 saturated heterocycles. The second-order valence-electron chi connectivity index (χ2n) is 5.11. The third kappa shape index (κ3) is 3.89. The predicted octanol–water partition coefficient (Wildman–Crippen LogP) is 1.15. The molecule has 114 valence electrons. The van der Waals surface area contributed by atoms with Crippen molar-refractivity contribution >= 4 is 22.2 Å². The fourth-order valence-electron chi connectivity index (χ4n) is 2.23. The number of amides is 1. The maximum Gasteiger partial charge on any atom is 0.259 e. The zero-order valence-electron chi connectivity index (χ0n) is 12.3. The van der Waals surface area contributed by atoms with E-state index in [1.807, 2.05) is 17.2 Å².